The molecule has 3 aromatic carbocycles. The van der Waals surface area contributed by atoms with E-state index in [0.29, 0.717) is 42.1 Å². The third-order valence-corrected chi connectivity index (χ3v) is 6.39. The second-order valence-electron chi connectivity index (χ2n) is 11.1. The fourth-order valence-electron chi connectivity index (χ4n) is 4.30. The van der Waals surface area contributed by atoms with Crippen LogP contribution < -0.4 is 15.1 Å². The molecule has 0 radical (unpaired) electrons. The first kappa shape index (κ1) is 31.7. The molecule has 9 heteroatoms. The summed E-state index contributed by atoms with van der Waals surface area (Å²) in [4.78, 5) is 53.9. The minimum atomic E-state index is -0.656. The van der Waals surface area contributed by atoms with Gasteiger partial charge in [0.15, 0.2) is 5.75 Å². The predicted molar refractivity (Wildman–Crippen MR) is 169 cm³/mol. The number of pyridine rings is 1. The zero-order chi connectivity index (χ0) is 31.5. The molecule has 9 nitrogen and oxygen atoms in total. The van der Waals surface area contributed by atoms with Gasteiger partial charge in [0.1, 0.15) is 5.60 Å². The quantitative estimate of drug-likeness (QED) is 0.140. The molecule has 0 fully saturated rings. The lowest BCUT2D eigenvalue weighted by Crippen LogP contribution is -2.38. The normalized spacial score (nSPS) is 10.9. The third-order valence-electron chi connectivity index (χ3n) is 6.39. The number of hydrogen-bond donors (Lipinski definition) is 1. The molecule has 228 valence electrons. The molecule has 0 unspecified atom stereocenters. The van der Waals surface area contributed by atoms with Crippen molar-refractivity contribution < 1.29 is 28.9 Å². The molecular weight excluding hydrogens is 558 g/mol. The van der Waals surface area contributed by atoms with Crippen LogP contribution in [0.25, 0.3) is 11.1 Å². The van der Waals surface area contributed by atoms with E-state index in [9.17, 15) is 14.4 Å². The number of benzene rings is 3. The molecular formula is C35H37N3O6. The summed E-state index contributed by atoms with van der Waals surface area (Å²) in [6.07, 6.45) is 2.75. The van der Waals surface area contributed by atoms with Crippen molar-refractivity contribution in [3.8, 4) is 16.9 Å². The second-order valence-corrected chi connectivity index (χ2v) is 11.1. The number of amides is 2. The van der Waals surface area contributed by atoms with Crippen molar-refractivity contribution in [2.75, 3.05) is 16.8 Å². The summed E-state index contributed by atoms with van der Waals surface area (Å²) in [7, 11) is 0. The number of nitrogens with one attached hydrogen (secondary N) is 1. The van der Waals surface area contributed by atoms with Crippen LogP contribution >= 0.6 is 0 Å². The Hall–Kier alpha value is -5.18. The summed E-state index contributed by atoms with van der Waals surface area (Å²) in [6, 6.07) is 26.9. The van der Waals surface area contributed by atoms with Crippen molar-refractivity contribution >= 4 is 29.3 Å². The van der Waals surface area contributed by atoms with Gasteiger partial charge in [-0.3, -0.25) is 24.5 Å². The van der Waals surface area contributed by atoms with Crippen molar-refractivity contribution in [3.05, 3.63) is 108 Å². The number of carbonyl (C=O) groups is 3. The van der Waals surface area contributed by atoms with E-state index in [2.05, 4.69) is 10.3 Å². The van der Waals surface area contributed by atoms with E-state index in [4.69, 9.17) is 14.5 Å². The fourth-order valence-corrected chi connectivity index (χ4v) is 4.30. The van der Waals surface area contributed by atoms with Crippen LogP contribution in [0.15, 0.2) is 97.2 Å². The Kier molecular flexibility index (Phi) is 10.7. The van der Waals surface area contributed by atoms with E-state index in [1.54, 1.807) is 71.8 Å². The van der Waals surface area contributed by atoms with Gasteiger partial charge in [-0.1, -0.05) is 43.3 Å². The lowest BCUT2D eigenvalue weighted by Gasteiger charge is -2.27. The Morgan fingerprint density at radius 3 is 2.23 bits per heavy atom. The van der Waals surface area contributed by atoms with Gasteiger partial charge in [-0.05, 0) is 92.9 Å². The molecule has 1 aromatic heterocycles. The average molecular weight is 596 g/mol. The standard InChI is InChI=1S/C35H37N3O6/c1-5-10-32(39)44-43-29-20-14-25(15-21-29)30-12-6-7-13-31(30)33(40)37-27-16-18-28(19-17-27)38(34(41)42-35(2,3)4)24-22-26-11-8-9-23-36-26/h6-9,11-21,23H,5,10,22,24H2,1-4H3,(H,37,40). The molecule has 0 spiro atoms. The van der Waals surface area contributed by atoms with Crippen molar-refractivity contribution in [2.24, 2.45) is 0 Å². The summed E-state index contributed by atoms with van der Waals surface area (Å²) in [5.41, 5.74) is 3.40. The summed E-state index contributed by atoms with van der Waals surface area (Å²) < 4.78 is 5.66. The molecule has 1 heterocycles. The Labute approximate surface area is 257 Å². The smallest absolute Gasteiger partial charge is 0.414 e. The van der Waals surface area contributed by atoms with Gasteiger partial charge in [0.05, 0.1) is 0 Å². The summed E-state index contributed by atoms with van der Waals surface area (Å²) in [5, 5.41) is 2.95. The maximum absolute atomic E-state index is 13.4. The van der Waals surface area contributed by atoms with Gasteiger partial charge in [0.2, 0.25) is 0 Å². The maximum Gasteiger partial charge on any atom is 0.414 e. The van der Waals surface area contributed by atoms with E-state index in [1.807, 2.05) is 58.0 Å². The van der Waals surface area contributed by atoms with Crippen LogP contribution in [0.5, 0.6) is 5.75 Å². The Bertz CT molecular complexity index is 1550. The summed E-state index contributed by atoms with van der Waals surface area (Å²) in [5.74, 6) is -0.351. The molecule has 0 saturated heterocycles. The zero-order valence-corrected chi connectivity index (χ0v) is 25.4. The van der Waals surface area contributed by atoms with Crippen LogP contribution in [-0.4, -0.2) is 35.1 Å². The van der Waals surface area contributed by atoms with Crippen molar-refractivity contribution in [2.45, 2.75) is 52.6 Å². The number of carbonyl (C=O) groups excluding carboxylic acids is 3. The number of anilines is 2. The molecule has 1 N–H and O–H groups in total. The molecule has 0 aliphatic rings. The van der Waals surface area contributed by atoms with Gasteiger partial charge in [0, 0.05) is 48.2 Å². The van der Waals surface area contributed by atoms with Crippen molar-refractivity contribution in [1.82, 2.24) is 4.98 Å². The lowest BCUT2D eigenvalue weighted by atomic mass is 9.99. The third kappa shape index (κ3) is 9.16. The molecule has 0 atom stereocenters. The van der Waals surface area contributed by atoms with E-state index < -0.39 is 17.7 Å². The van der Waals surface area contributed by atoms with Gasteiger partial charge in [-0.2, -0.15) is 0 Å². The maximum atomic E-state index is 13.4. The van der Waals surface area contributed by atoms with Gasteiger partial charge >= 0.3 is 12.1 Å². The molecule has 0 aliphatic carbocycles. The molecule has 0 bridgehead atoms. The van der Waals surface area contributed by atoms with Crippen LogP contribution in [0.4, 0.5) is 16.2 Å². The highest BCUT2D eigenvalue weighted by molar-refractivity contribution is 6.08. The summed E-state index contributed by atoms with van der Waals surface area (Å²) >= 11 is 0. The highest BCUT2D eigenvalue weighted by atomic mass is 17.2. The van der Waals surface area contributed by atoms with Crippen LogP contribution in [0, 0.1) is 0 Å². The van der Waals surface area contributed by atoms with Gasteiger partial charge in [0.25, 0.3) is 5.91 Å². The number of ether oxygens (including phenoxy) is 1. The number of nitrogens with zero attached hydrogens (tertiary/aromatic N) is 2. The average Bonchev–Trinajstić information content (AvgIpc) is 3.01. The zero-order valence-electron chi connectivity index (χ0n) is 25.4. The molecule has 44 heavy (non-hydrogen) atoms. The second kappa shape index (κ2) is 14.8. The molecule has 4 rings (SSSR count). The number of hydrogen-bond acceptors (Lipinski definition) is 7. The van der Waals surface area contributed by atoms with Crippen LogP contribution in [0.2, 0.25) is 0 Å². The van der Waals surface area contributed by atoms with Gasteiger partial charge < -0.3 is 10.1 Å². The van der Waals surface area contributed by atoms with E-state index in [-0.39, 0.29) is 12.3 Å². The first-order valence-electron chi connectivity index (χ1n) is 14.5. The Morgan fingerprint density at radius 2 is 1.57 bits per heavy atom. The first-order chi connectivity index (χ1) is 21.1. The molecule has 2 amide bonds. The minimum Gasteiger partial charge on any atom is -0.443 e. The molecule has 0 saturated carbocycles. The van der Waals surface area contributed by atoms with Crippen molar-refractivity contribution in [1.29, 1.82) is 0 Å². The topological polar surface area (TPSA) is 107 Å². The fraction of sp³-hybridized carbons (Fsp3) is 0.257. The highest BCUT2D eigenvalue weighted by Gasteiger charge is 2.24. The van der Waals surface area contributed by atoms with E-state index in [1.165, 1.54) is 0 Å². The Balaban J connectivity index is 1.46. The highest BCUT2D eigenvalue weighted by Crippen LogP contribution is 2.28. The predicted octanol–water partition coefficient (Wildman–Crippen LogP) is 7.62. The summed E-state index contributed by atoms with van der Waals surface area (Å²) in [6.45, 7) is 7.73. The van der Waals surface area contributed by atoms with E-state index in [0.717, 1.165) is 16.8 Å². The monoisotopic (exact) mass is 595 g/mol. The largest absolute Gasteiger partial charge is 0.443 e. The van der Waals surface area contributed by atoms with Crippen LogP contribution in [-0.2, 0) is 20.8 Å². The first-order valence-corrected chi connectivity index (χ1v) is 14.5. The Morgan fingerprint density at radius 1 is 0.864 bits per heavy atom. The number of aromatic nitrogens is 1. The van der Waals surface area contributed by atoms with Gasteiger partial charge in [-0.15, -0.1) is 0 Å². The molecule has 4 aromatic rings. The van der Waals surface area contributed by atoms with Gasteiger partial charge in [-0.25, -0.2) is 9.59 Å². The van der Waals surface area contributed by atoms with Crippen molar-refractivity contribution in [3.63, 3.8) is 0 Å². The SMILES string of the molecule is CCCC(=O)OOc1ccc(-c2ccccc2C(=O)Nc2ccc(N(CCc3ccccn3)C(=O)OC(C)(C)C)cc2)cc1. The lowest BCUT2D eigenvalue weighted by molar-refractivity contribution is -0.213. The van der Waals surface area contributed by atoms with Crippen LogP contribution in [0.3, 0.4) is 0 Å². The van der Waals surface area contributed by atoms with Crippen LogP contribution in [0.1, 0.15) is 56.6 Å². The van der Waals surface area contributed by atoms with E-state index >= 15 is 0 Å². The minimum absolute atomic E-state index is 0.275. The number of rotatable bonds is 11. The molecule has 0 aliphatic heterocycles.